The average molecular weight is 295 g/mol. The van der Waals surface area contributed by atoms with Crippen LogP contribution < -0.4 is 10.5 Å². The molecule has 0 aliphatic carbocycles. The lowest BCUT2D eigenvalue weighted by Crippen LogP contribution is -2.13. The molecule has 0 radical (unpaired) electrons. The van der Waals surface area contributed by atoms with Gasteiger partial charge in [0.25, 0.3) is 0 Å². The average Bonchev–Trinajstić information content (AvgIpc) is 3.06. The molecule has 1 heterocycles. The first kappa shape index (κ1) is 14.3. The second-order valence-corrected chi connectivity index (χ2v) is 4.97. The van der Waals surface area contributed by atoms with Crippen LogP contribution in [0, 0.1) is 0 Å². The monoisotopic (exact) mass is 295 g/mol. The zero-order valence-corrected chi connectivity index (χ0v) is 12.3. The molecule has 0 saturated heterocycles. The molecule has 0 spiro atoms. The second kappa shape index (κ2) is 6.41. The maximum Gasteiger partial charge on any atom is 0.247 e. The van der Waals surface area contributed by atoms with Crippen molar-refractivity contribution in [3.63, 3.8) is 0 Å². The summed E-state index contributed by atoms with van der Waals surface area (Å²) in [6, 6.07) is 17.1. The summed E-state index contributed by atoms with van der Waals surface area (Å²) >= 11 is 0. The maximum absolute atomic E-state index is 6.15. The van der Waals surface area contributed by atoms with Gasteiger partial charge in [-0.15, -0.1) is 10.2 Å². The largest absolute Gasteiger partial charge is 0.497 e. The lowest BCUT2D eigenvalue weighted by atomic mass is 10.1. The normalized spacial score (nSPS) is 12.1. The third-order valence-electron chi connectivity index (χ3n) is 3.39. The number of benzene rings is 2. The Morgan fingerprint density at radius 1 is 1.05 bits per heavy atom. The second-order valence-electron chi connectivity index (χ2n) is 4.97. The van der Waals surface area contributed by atoms with Gasteiger partial charge >= 0.3 is 0 Å². The van der Waals surface area contributed by atoms with Crippen molar-refractivity contribution in [2.75, 3.05) is 7.11 Å². The van der Waals surface area contributed by atoms with E-state index < -0.39 is 0 Å². The van der Waals surface area contributed by atoms with Crippen LogP contribution in [0.4, 0.5) is 0 Å². The highest BCUT2D eigenvalue weighted by Gasteiger charge is 2.16. The third-order valence-corrected chi connectivity index (χ3v) is 3.39. The molecule has 0 fully saturated rings. The van der Waals surface area contributed by atoms with E-state index in [0.717, 1.165) is 16.9 Å². The Hall–Kier alpha value is -2.66. The van der Waals surface area contributed by atoms with E-state index in [9.17, 15) is 0 Å². The summed E-state index contributed by atoms with van der Waals surface area (Å²) in [7, 11) is 1.63. The van der Waals surface area contributed by atoms with Crippen LogP contribution in [0.2, 0.25) is 0 Å². The zero-order valence-electron chi connectivity index (χ0n) is 12.3. The number of nitrogens with zero attached hydrogens (tertiary/aromatic N) is 2. The molecule has 5 heteroatoms. The number of hydrogen-bond acceptors (Lipinski definition) is 5. The predicted molar refractivity (Wildman–Crippen MR) is 83.4 cm³/mol. The maximum atomic E-state index is 6.15. The van der Waals surface area contributed by atoms with Crippen molar-refractivity contribution in [1.29, 1.82) is 0 Å². The molecule has 3 rings (SSSR count). The van der Waals surface area contributed by atoms with Gasteiger partial charge in [0.1, 0.15) is 5.75 Å². The molecule has 1 unspecified atom stereocenters. The summed E-state index contributed by atoms with van der Waals surface area (Å²) in [5.41, 5.74) is 8.13. The van der Waals surface area contributed by atoms with Gasteiger partial charge in [-0.25, -0.2) is 0 Å². The van der Waals surface area contributed by atoms with Crippen LogP contribution in [0.25, 0.3) is 11.5 Å². The van der Waals surface area contributed by atoms with Crippen LogP contribution in [0.1, 0.15) is 17.5 Å². The summed E-state index contributed by atoms with van der Waals surface area (Å²) in [5, 5.41) is 8.13. The molecule has 22 heavy (non-hydrogen) atoms. The van der Waals surface area contributed by atoms with Crippen LogP contribution in [0.3, 0.4) is 0 Å². The van der Waals surface area contributed by atoms with Crippen molar-refractivity contribution < 1.29 is 9.15 Å². The molecule has 2 N–H and O–H groups in total. The summed E-state index contributed by atoms with van der Waals surface area (Å²) < 4.78 is 10.8. The van der Waals surface area contributed by atoms with Gasteiger partial charge in [0.2, 0.25) is 11.8 Å². The molecule has 0 aliphatic rings. The van der Waals surface area contributed by atoms with Crippen LogP contribution in [-0.4, -0.2) is 17.3 Å². The van der Waals surface area contributed by atoms with Crippen LogP contribution in [-0.2, 0) is 6.42 Å². The van der Waals surface area contributed by atoms with Gasteiger partial charge in [-0.3, -0.25) is 0 Å². The van der Waals surface area contributed by atoms with E-state index in [1.807, 2.05) is 54.6 Å². The van der Waals surface area contributed by atoms with E-state index in [1.54, 1.807) is 7.11 Å². The standard InChI is InChI=1S/C17H17N3O2/c1-21-14-9-7-13(8-10-14)16-19-20-17(22-16)15(18)11-12-5-3-2-4-6-12/h2-10,15H,11,18H2,1H3. The zero-order chi connectivity index (χ0) is 15.4. The lowest BCUT2D eigenvalue weighted by molar-refractivity contribution is 0.414. The van der Waals surface area contributed by atoms with E-state index in [-0.39, 0.29) is 6.04 Å². The van der Waals surface area contributed by atoms with E-state index in [0.29, 0.717) is 18.2 Å². The van der Waals surface area contributed by atoms with E-state index >= 15 is 0 Å². The van der Waals surface area contributed by atoms with E-state index in [4.69, 9.17) is 14.9 Å². The summed E-state index contributed by atoms with van der Waals surface area (Å²) in [4.78, 5) is 0. The SMILES string of the molecule is COc1ccc(-c2nnc(C(N)Cc3ccccc3)o2)cc1. The first-order valence-electron chi connectivity index (χ1n) is 7.03. The molecule has 1 aromatic heterocycles. The van der Waals surface area contributed by atoms with Gasteiger partial charge in [0.15, 0.2) is 0 Å². The number of nitrogens with two attached hydrogens (primary N) is 1. The van der Waals surface area contributed by atoms with Gasteiger partial charge in [-0.2, -0.15) is 0 Å². The van der Waals surface area contributed by atoms with Gasteiger partial charge in [0.05, 0.1) is 13.2 Å². The Morgan fingerprint density at radius 3 is 2.45 bits per heavy atom. The summed E-state index contributed by atoms with van der Waals surface area (Å²) in [5.74, 6) is 1.68. The molecule has 2 aromatic carbocycles. The molecule has 5 nitrogen and oxygen atoms in total. The quantitative estimate of drug-likeness (QED) is 0.783. The number of ether oxygens (including phenoxy) is 1. The van der Waals surface area contributed by atoms with Crippen molar-refractivity contribution in [3.05, 3.63) is 66.1 Å². The molecule has 0 aliphatic heterocycles. The fourth-order valence-electron chi connectivity index (χ4n) is 2.19. The molecule has 0 bridgehead atoms. The van der Waals surface area contributed by atoms with E-state index in [2.05, 4.69) is 10.2 Å². The minimum absolute atomic E-state index is 0.318. The number of hydrogen-bond donors (Lipinski definition) is 1. The van der Waals surface area contributed by atoms with Crippen molar-refractivity contribution in [2.45, 2.75) is 12.5 Å². The lowest BCUT2D eigenvalue weighted by Gasteiger charge is -2.06. The van der Waals surface area contributed by atoms with Crippen molar-refractivity contribution in [1.82, 2.24) is 10.2 Å². The molecular formula is C17H17N3O2. The van der Waals surface area contributed by atoms with Gasteiger partial charge in [-0.05, 0) is 36.2 Å². The molecule has 3 aromatic rings. The molecule has 0 amide bonds. The third kappa shape index (κ3) is 3.15. The summed E-state index contributed by atoms with van der Waals surface area (Å²) in [6.07, 6.45) is 0.658. The smallest absolute Gasteiger partial charge is 0.247 e. The van der Waals surface area contributed by atoms with Crippen LogP contribution in [0.15, 0.2) is 59.0 Å². The van der Waals surface area contributed by atoms with Crippen molar-refractivity contribution in [2.24, 2.45) is 5.73 Å². The Bertz CT molecular complexity index is 723. The highest BCUT2D eigenvalue weighted by Crippen LogP contribution is 2.23. The summed E-state index contributed by atoms with van der Waals surface area (Å²) in [6.45, 7) is 0. The molecule has 0 saturated carbocycles. The fourth-order valence-corrected chi connectivity index (χ4v) is 2.19. The van der Waals surface area contributed by atoms with E-state index in [1.165, 1.54) is 0 Å². The predicted octanol–water partition coefficient (Wildman–Crippen LogP) is 2.99. The highest BCUT2D eigenvalue weighted by molar-refractivity contribution is 5.54. The Labute approximate surface area is 128 Å². The van der Waals surface area contributed by atoms with Crippen molar-refractivity contribution in [3.8, 4) is 17.2 Å². The Morgan fingerprint density at radius 2 is 1.77 bits per heavy atom. The number of methoxy groups -OCH3 is 1. The number of rotatable bonds is 5. The molecule has 112 valence electrons. The Balaban J connectivity index is 1.75. The first-order valence-corrected chi connectivity index (χ1v) is 7.03. The van der Waals surface area contributed by atoms with Crippen molar-refractivity contribution >= 4 is 0 Å². The fraction of sp³-hybridized carbons (Fsp3) is 0.176. The molecule has 1 atom stereocenters. The van der Waals surface area contributed by atoms with Crippen LogP contribution in [0.5, 0.6) is 5.75 Å². The van der Waals surface area contributed by atoms with Gasteiger partial charge in [0, 0.05) is 5.56 Å². The minimum Gasteiger partial charge on any atom is -0.497 e. The first-order chi connectivity index (χ1) is 10.8. The highest BCUT2D eigenvalue weighted by atomic mass is 16.5. The van der Waals surface area contributed by atoms with Crippen LogP contribution >= 0.6 is 0 Å². The van der Waals surface area contributed by atoms with Gasteiger partial charge in [-0.1, -0.05) is 30.3 Å². The topological polar surface area (TPSA) is 74.2 Å². The Kier molecular flexibility index (Phi) is 4.16. The minimum atomic E-state index is -0.318. The van der Waals surface area contributed by atoms with Gasteiger partial charge < -0.3 is 14.9 Å². The number of aromatic nitrogens is 2. The molecular weight excluding hydrogens is 278 g/mol.